The standard InChI is InChI=1S/C19H22ClN3O/c1-22(2)18-17(6-3-11-21-18)19(24)23-12-4-5-15(13-23)14-7-9-16(20)10-8-14/h3,6-11,15H,4-5,12-13H2,1-2H3. The molecule has 0 N–H and O–H groups in total. The van der Waals surface area contributed by atoms with E-state index in [-0.39, 0.29) is 5.91 Å². The third-order valence-corrected chi connectivity index (χ3v) is 4.74. The Hall–Kier alpha value is -2.07. The van der Waals surface area contributed by atoms with Crippen molar-refractivity contribution in [3.63, 3.8) is 0 Å². The highest BCUT2D eigenvalue weighted by Gasteiger charge is 2.27. The number of aromatic nitrogens is 1. The van der Waals surface area contributed by atoms with Crippen LogP contribution in [0.25, 0.3) is 0 Å². The summed E-state index contributed by atoms with van der Waals surface area (Å²) in [6.45, 7) is 1.53. The zero-order valence-electron chi connectivity index (χ0n) is 14.1. The maximum atomic E-state index is 13.0. The molecule has 1 atom stereocenters. The Morgan fingerprint density at radius 1 is 1.25 bits per heavy atom. The second-order valence-electron chi connectivity index (χ2n) is 6.41. The van der Waals surface area contributed by atoms with Crippen molar-refractivity contribution in [3.05, 3.63) is 58.7 Å². The van der Waals surface area contributed by atoms with Gasteiger partial charge in [0.15, 0.2) is 0 Å². The zero-order valence-corrected chi connectivity index (χ0v) is 14.8. The van der Waals surface area contributed by atoms with Crippen molar-refractivity contribution in [2.45, 2.75) is 18.8 Å². The number of hydrogen-bond donors (Lipinski definition) is 0. The van der Waals surface area contributed by atoms with E-state index >= 15 is 0 Å². The number of carbonyl (C=O) groups is 1. The van der Waals surface area contributed by atoms with E-state index in [1.165, 1.54) is 5.56 Å². The average molecular weight is 344 g/mol. The summed E-state index contributed by atoms with van der Waals surface area (Å²) in [5.41, 5.74) is 1.91. The summed E-state index contributed by atoms with van der Waals surface area (Å²) in [7, 11) is 3.82. The second-order valence-corrected chi connectivity index (χ2v) is 6.85. The van der Waals surface area contributed by atoms with Gasteiger partial charge in [0.2, 0.25) is 0 Å². The predicted octanol–water partition coefficient (Wildman–Crippen LogP) is 3.82. The fourth-order valence-electron chi connectivity index (χ4n) is 3.26. The molecule has 1 aliphatic heterocycles. The summed E-state index contributed by atoms with van der Waals surface area (Å²) in [5.74, 6) is 1.14. The molecule has 0 bridgehead atoms. The first-order valence-corrected chi connectivity index (χ1v) is 8.61. The molecule has 1 aliphatic rings. The number of halogens is 1. The van der Waals surface area contributed by atoms with E-state index in [1.807, 2.05) is 48.2 Å². The number of amides is 1. The van der Waals surface area contributed by atoms with Crippen LogP contribution in [0, 0.1) is 0 Å². The number of hydrogen-bond acceptors (Lipinski definition) is 3. The van der Waals surface area contributed by atoms with Crippen molar-refractivity contribution in [1.29, 1.82) is 0 Å². The number of carbonyl (C=O) groups excluding carboxylic acids is 1. The van der Waals surface area contributed by atoms with Crippen LogP contribution in [0.15, 0.2) is 42.6 Å². The summed E-state index contributed by atoms with van der Waals surface area (Å²) in [6.07, 6.45) is 3.83. The van der Waals surface area contributed by atoms with Crippen LogP contribution in [0.2, 0.25) is 5.02 Å². The van der Waals surface area contributed by atoms with Gasteiger partial charge in [0.1, 0.15) is 5.82 Å². The minimum absolute atomic E-state index is 0.0606. The van der Waals surface area contributed by atoms with Gasteiger partial charge in [-0.2, -0.15) is 0 Å². The lowest BCUT2D eigenvalue weighted by atomic mass is 9.90. The van der Waals surface area contributed by atoms with Crippen LogP contribution in [0.4, 0.5) is 5.82 Å². The number of nitrogens with zero attached hydrogens (tertiary/aromatic N) is 3. The van der Waals surface area contributed by atoms with E-state index in [0.717, 1.165) is 36.8 Å². The lowest BCUT2D eigenvalue weighted by Gasteiger charge is -2.33. The topological polar surface area (TPSA) is 36.4 Å². The largest absolute Gasteiger partial charge is 0.362 e. The smallest absolute Gasteiger partial charge is 0.257 e. The fourth-order valence-corrected chi connectivity index (χ4v) is 3.39. The molecule has 1 fully saturated rings. The van der Waals surface area contributed by atoms with Gasteiger partial charge in [0.05, 0.1) is 5.56 Å². The van der Waals surface area contributed by atoms with Gasteiger partial charge in [-0.1, -0.05) is 23.7 Å². The van der Waals surface area contributed by atoms with Crippen LogP contribution in [0.1, 0.15) is 34.7 Å². The van der Waals surface area contributed by atoms with Gasteiger partial charge in [-0.3, -0.25) is 4.79 Å². The first-order valence-electron chi connectivity index (χ1n) is 8.23. The number of rotatable bonds is 3. The first-order chi connectivity index (χ1) is 11.6. The lowest BCUT2D eigenvalue weighted by Crippen LogP contribution is -2.39. The van der Waals surface area contributed by atoms with Crippen LogP contribution in [0.5, 0.6) is 0 Å². The van der Waals surface area contributed by atoms with Crippen molar-refractivity contribution < 1.29 is 4.79 Å². The minimum atomic E-state index is 0.0606. The van der Waals surface area contributed by atoms with E-state index in [4.69, 9.17) is 11.6 Å². The monoisotopic (exact) mass is 343 g/mol. The normalized spacial score (nSPS) is 17.6. The van der Waals surface area contributed by atoms with Crippen LogP contribution >= 0.6 is 11.6 Å². The van der Waals surface area contributed by atoms with Gasteiger partial charge in [-0.05, 0) is 42.7 Å². The molecule has 2 aromatic rings. The Labute approximate surface area is 148 Å². The van der Waals surface area contributed by atoms with E-state index in [0.29, 0.717) is 11.5 Å². The third kappa shape index (κ3) is 3.54. The van der Waals surface area contributed by atoms with Gasteiger partial charge in [0, 0.05) is 44.3 Å². The third-order valence-electron chi connectivity index (χ3n) is 4.49. The Bertz CT molecular complexity index is 715. The number of benzene rings is 1. The van der Waals surface area contributed by atoms with Gasteiger partial charge in [-0.25, -0.2) is 4.98 Å². The summed E-state index contributed by atoms with van der Waals surface area (Å²) < 4.78 is 0. The maximum absolute atomic E-state index is 13.0. The van der Waals surface area contributed by atoms with E-state index in [1.54, 1.807) is 6.20 Å². The van der Waals surface area contributed by atoms with Crippen LogP contribution in [-0.2, 0) is 0 Å². The van der Waals surface area contributed by atoms with E-state index < -0.39 is 0 Å². The maximum Gasteiger partial charge on any atom is 0.257 e. The Balaban J connectivity index is 1.80. The molecule has 0 aliphatic carbocycles. The van der Waals surface area contributed by atoms with E-state index in [2.05, 4.69) is 17.1 Å². The Kier molecular flexibility index (Phi) is 5.05. The molecule has 24 heavy (non-hydrogen) atoms. The molecule has 126 valence electrons. The molecule has 4 nitrogen and oxygen atoms in total. The number of anilines is 1. The van der Waals surface area contributed by atoms with E-state index in [9.17, 15) is 4.79 Å². The fraction of sp³-hybridized carbons (Fsp3) is 0.368. The molecule has 1 unspecified atom stereocenters. The van der Waals surface area contributed by atoms with Crippen molar-refractivity contribution in [1.82, 2.24) is 9.88 Å². The van der Waals surface area contributed by atoms with Gasteiger partial charge >= 0.3 is 0 Å². The van der Waals surface area contributed by atoms with Crippen LogP contribution < -0.4 is 4.90 Å². The Morgan fingerprint density at radius 2 is 2.00 bits per heavy atom. The number of piperidine rings is 1. The molecule has 5 heteroatoms. The number of likely N-dealkylation sites (tertiary alicyclic amines) is 1. The molecular formula is C19H22ClN3O. The van der Waals surface area contributed by atoms with Crippen LogP contribution in [-0.4, -0.2) is 43.0 Å². The summed E-state index contributed by atoms with van der Waals surface area (Å²) >= 11 is 5.98. The molecule has 3 rings (SSSR count). The highest BCUT2D eigenvalue weighted by atomic mass is 35.5. The quantitative estimate of drug-likeness (QED) is 0.850. The highest BCUT2D eigenvalue weighted by molar-refractivity contribution is 6.30. The molecule has 0 spiro atoms. The summed E-state index contributed by atoms with van der Waals surface area (Å²) in [5, 5.41) is 0.744. The first kappa shape index (κ1) is 16.8. The molecule has 1 aromatic heterocycles. The summed E-state index contributed by atoms with van der Waals surface area (Å²) in [6, 6.07) is 11.6. The molecule has 0 radical (unpaired) electrons. The van der Waals surface area contributed by atoms with Crippen molar-refractivity contribution in [3.8, 4) is 0 Å². The molecular weight excluding hydrogens is 322 g/mol. The van der Waals surface area contributed by atoms with Crippen molar-refractivity contribution in [2.24, 2.45) is 0 Å². The molecule has 1 aromatic carbocycles. The predicted molar refractivity (Wildman–Crippen MR) is 97.9 cm³/mol. The van der Waals surface area contributed by atoms with Gasteiger partial charge in [0.25, 0.3) is 5.91 Å². The SMILES string of the molecule is CN(C)c1ncccc1C(=O)N1CCCC(c2ccc(Cl)cc2)C1. The van der Waals surface area contributed by atoms with Gasteiger partial charge in [-0.15, -0.1) is 0 Å². The average Bonchev–Trinajstić information content (AvgIpc) is 2.62. The van der Waals surface area contributed by atoms with Crippen molar-refractivity contribution in [2.75, 3.05) is 32.1 Å². The molecule has 1 amide bonds. The zero-order chi connectivity index (χ0) is 17.1. The van der Waals surface area contributed by atoms with Gasteiger partial charge < -0.3 is 9.80 Å². The minimum Gasteiger partial charge on any atom is -0.362 e. The van der Waals surface area contributed by atoms with Crippen molar-refractivity contribution >= 4 is 23.3 Å². The second kappa shape index (κ2) is 7.22. The van der Waals surface area contributed by atoms with Crippen LogP contribution in [0.3, 0.4) is 0 Å². The summed E-state index contributed by atoms with van der Waals surface area (Å²) in [4.78, 5) is 21.2. The number of pyridine rings is 1. The molecule has 1 saturated heterocycles. The lowest BCUT2D eigenvalue weighted by molar-refractivity contribution is 0.0707. The Morgan fingerprint density at radius 3 is 2.71 bits per heavy atom. The highest BCUT2D eigenvalue weighted by Crippen LogP contribution is 2.29. The molecule has 2 heterocycles. The molecule has 0 saturated carbocycles.